The summed E-state index contributed by atoms with van der Waals surface area (Å²) in [6, 6.07) is 14.7. The zero-order valence-electron chi connectivity index (χ0n) is 13.8. The van der Waals surface area contributed by atoms with Gasteiger partial charge in [0.1, 0.15) is 12.4 Å². The molecule has 1 heterocycles. The van der Waals surface area contributed by atoms with Crippen molar-refractivity contribution in [3.05, 3.63) is 59.1 Å². The number of ether oxygens (including phenoxy) is 2. The standard InChI is InChI=1S/C19H18ClNO4/c1-24-19(23)14-10-18(22)21(11-14)16-6-8-17(9-7-16)25-12-13-2-4-15(20)5-3-13/h2-9,14H,10-12H2,1H3/t14-/m0/s1. The monoisotopic (exact) mass is 359 g/mol. The summed E-state index contributed by atoms with van der Waals surface area (Å²) < 4.78 is 10.5. The van der Waals surface area contributed by atoms with Crippen molar-refractivity contribution in [3.8, 4) is 5.75 Å². The Morgan fingerprint density at radius 1 is 1.16 bits per heavy atom. The number of hydrogen-bond donors (Lipinski definition) is 0. The van der Waals surface area contributed by atoms with Crippen LogP contribution in [0, 0.1) is 5.92 Å². The first-order valence-corrected chi connectivity index (χ1v) is 8.30. The maximum atomic E-state index is 12.1. The second-order valence-electron chi connectivity index (χ2n) is 5.84. The van der Waals surface area contributed by atoms with E-state index in [0.29, 0.717) is 23.9 Å². The lowest BCUT2D eigenvalue weighted by molar-refractivity contribution is -0.145. The molecule has 25 heavy (non-hydrogen) atoms. The molecule has 5 nitrogen and oxygen atoms in total. The lowest BCUT2D eigenvalue weighted by Gasteiger charge is -2.17. The molecule has 0 aromatic heterocycles. The van der Waals surface area contributed by atoms with Crippen LogP contribution in [0.2, 0.25) is 5.02 Å². The van der Waals surface area contributed by atoms with E-state index in [1.807, 2.05) is 48.5 Å². The molecule has 2 aromatic rings. The zero-order chi connectivity index (χ0) is 17.8. The van der Waals surface area contributed by atoms with Gasteiger partial charge in [-0.1, -0.05) is 23.7 Å². The highest BCUT2D eigenvalue weighted by Crippen LogP contribution is 2.27. The van der Waals surface area contributed by atoms with Gasteiger partial charge in [-0.2, -0.15) is 0 Å². The summed E-state index contributed by atoms with van der Waals surface area (Å²) in [7, 11) is 1.34. The fourth-order valence-electron chi connectivity index (χ4n) is 2.75. The number of nitrogens with zero attached hydrogens (tertiary/aromatic N) is 1. The van der Waals surface area contributed by atoms with E-state index in [4.69, 9.17) is 21.1 Å². The van der Waals surface area contributed by atoms with E-state index in [1.54, 1.807) is 4.90 Å². The third kappa shape index (κ3) is 4.12. The molecule has 0 aliphatic carbocycles. The Kier molecular flexibility index (Phi) is 5.24. The van der Waals surface area contributed by atoms with E-state index in [9.17, 15) is 9.59 Å². The molecular formula is C19H18ClNO4. The predicted molar refractivity (Wildman–Crippen MR) is 94.7 cm³/mol. The number of rotatable bonds is 5. The zero-order valence-corrected chi connectivity index (χ0v) is 14.5. The molecule has 0 spiro atoms. The first-order chi connectivity index (χ1) is 12.1. The lowest BCUT2D eigenvalue weighted by Crippen LogP contribution is -2.26. The van der Waals surface area contributed by atoms with Gasteiger partial charge in [0.25, 0.3) is 0 Å². The van der Waals surface area contributed by atoms with Crippen LogP contribution < -0.4 is 9.64 Å². The molecule has 1 aliphatic rings. The minimum atomic E-state index is -0.404. The number of methoxy groups -OCH3 is 1. The minimum Gasteiger partial charge on any atom is -0.489 e. The van der Waals surface area contributed by atoms with Gasteiger partial charge < -0.3 is 14.4 Å². The smallest absolute Gasteiger partial charge is 0.311 e. The third-order valence-corrected chi connectivity index (χ3v) is 4.38. The van der Waals surface area contributed by atoms with Crippen LogP contribution in [-0.4, -0.2) is 25.5 Å². The van der Waals surface area contributed by atoms with E-state index in [-0.39, 0.29) is 18.3 Å². The molecule has 2 aromatic carbocycles. The number of carbonyl (C=O) groups excluding carboxylic acids is 2. The van der Waals surface area contributed by atoms with Crippen molar-refractivity contribution in [2.24, 2.45) is 5.92 Å². The van der Waals surface area contributed by atoms with Crippen LogP contribution in [0.5, 0.6) is 5.75 Å². The van der Waals surface area contributed by atoms with Crippen molar-refractivity contribution in [2.75, 3.05) is 18.6 Å². The number of benzene rings is 2. The number of esters is 1. The molecule has 6 heteroatoms. The maximum absolute atomic E-state index is 12.1. The second-order valence-corrected chi connectivity index (χ2v) is 6.27. The van der Waals surface area contributed by atoms with Gasteiger partial charge in [-0.3, -0.25) is 9.59 Å². The highest BCUT2D eigenvalue weighted by molar-refractivity contribution is 6.30. The van der Waals surface area contributed by atoms with Crippen molar-refractivity contribution in [2.45, 2.75) is 13.0 Å². The maximum Gasteiger partial charge on any atom is 0.311 e. The Labute approximate surface area is 151 Å². The summed E-state index contributed by atoms with van der Waals surface area (Å²) >= 11 is 5.86. The first kappa shape index (κ1) is 17.3. The number of hydrogen-bond acceptors (Lipinski definition) is 4. The molecule has 3 rings (SSSR count). The minimum absolute atomic E-state index is 0.0785. The number of halogens is 1. The summed E-state index contributed by atoms with van der Waals surface area (Å²) in [5.74, 6) is -0.128. The molecule has 1 aliphatic heterocycles. The molecule has 0 radical (unpaired) electrons. The highest BCUT2D eigenvalue weighted by Gasteiger charge is 2.35. The van der Waals surface area contributed by atoms with Crippen LogP contribution in [0.4, 0.5) is 5.69 Å². The van der Waals surface area contributed by atoms with Gasteiger partial charge in [0.2, 0.25) is 5.91 Å². The van der Waals surface area contributed by atoms with Crippen LogP contribution in [0.15, 0.2) is 48.5 Å². The van der Waals surface area contributed by atoms with Crippen molar-refractivity contribution in [3.63, 3.8) is 0 Å². The number of amides is 1. The molecule has 1 saturated heterocycles. The molecule has 1 atom stereocenters. The van der Waals surface area contributed by atoms with Crippen LogP contribution in [0.3, 0.4) is 0 Å². The molecule has 1 amide bonds. The second kappa shape index (κ2) is 7.57. The van der Waals surface area contributed by atoms with Crippen LogP contribution in [-0.2, 0) is 20.9 Å². The fraction of sp³-hybridized carbons (Fsp3) is 0.263. The fourth-order valence-corrected chi connectivity index (χ4v) is 2.88. The summed E-state index contributed by atoms with van der Waals surface area (Å²) in [6.45, 7) is 0.778. The van der Waals surface area contributed by atoms with Gasteiger partial charge >= 0.3 is 5.97 Å². The summed E-state index contributed by atoms with van der Waals surface area (Å²) in [4.78, 5) is 25.3. The van der Waals surface area contributed by atoms with Crippen molar-refractivity contribution < 1.29 is 19.1 Å². The Balaban J connectivity index is 1.61. The van der Waals surface area contributed by atoms with Gasteiger partial charge in [-0.25, -0.2) is 0 Å². The largest absolute Gasteiger partial charge is 0.489 e. The van der Waals surface area contributed by atoms with Gasteiger partial charge in [-0.05, 0) is 42.0 Å². The topological polar surface area (TPSA) is 55.8 Å². The molecular weight excluding hydrogens is 342 g/mol. The van der Waals surface area contributed by atoms with Gasteiger partial charge in [0.05, 0.1) is 13.0 Å². The Morgan fingerprint density at radius 2 is 1.84 bits per heavy atom. The van der Waals surface area contributed by atoms with E-state index >= 15 is 0 Å². The highest BCUT2D eigenvalue weighted by atomic mass is 35.5. The molecule has 0 saturated carbocycles. The molecule has 130 valence electrons. The Bertz CT molecular complexity index is 758. The summed E-state index contributed by atoms with van der Waals surface area (Å²) in [5.41, 5.74) is 1.76. The van der Waals surface area contributed by atoms with E-state index in [1.165, 1.54) is 7.11 Å². The molecule has 1 fully saturated rings. The predicted octanol–water partition coefficient (Wildman–Crippen LogP) is 3.44. The summed E-state index contributed by atoms with van der Waals surface area (Å²) in [5, 5.41) is 0.689. The number of anilines is 1. The van der Waals surface area contributed by atoms with E-state index in [2.05, 4.69) is 0 Å². The Morgan fingerprint density at radius 3 is 2.48 bits per heavy atom. The molecule has 0 bridgehead atoms. The average Bonchev–Trinajstić information content (AvgIpc) is 3.03. The van der Waals surface area contributed by atoms with Crippen LogP contribution >= 0.6 is 11.6 Å². The van der Waals surface area contributed by atoms with Crippen LogP contribution in [0.1, 0.15) is 12.0 Å². The van der Waals surface area contributed by atoms with Crippen molar-refractivity contribution >= 4 is 29.2 Å². The third-order valence-electron chi connectivity index (χ3n) is 4.13. The quantitative estimate of drug-likeness (QED) is 0.767. The average molecular weight is 360 g/mol. The van der Waals surface area contributed by atoms with Gasteiger partial charge in [0, 0.05) is 23.7 Å². The summed E-state index contributed by atoms with van der Waals surface area (Å²) in [6.07, 6.45) is 0.182. The SMILES string of the molecule is COC(=O)[C@H]1CC(=O)N(c2ccc(OCc3ccc(Cl)cc3)cc2)C1. The van der Waals surface area contributed by atoms with E-state index < -0.39 is 5.92 Å². The Hall–Kier alpha value is -2.53. The lowest BCUT2D eigenvalue weighted by atomic mass is 10.1. The normalized spacial score (nSPS) is 16.8. The number of carbonyl (C=O) groups is 2. The van der Waals surface area contributed by atoms with E-state index in [0.717, 1.165) is 11.3 Å². The van der Waals surface area contributed by atoms with Crippen molar-refractivity contribution in [1.82, 2.24) is 0 Å². The first-order valence-electron chi connectivity index (χ1n) is 7.92. The van der Waals surface area contributed by atoms with Crippen molar-refractivity contribution in [1.29, 1.82) is 0 Å². The molecule has 0 N–H and O–H groups in total. The van der Waals surface area contributed by atoms with Gasteiger partial charge in [0.15, 0.2) is 0 Å². The molecule has 0 unspecified atom stereocenters. The van der Waals surface area contributed by atoms with Crippen LogP contribution in [0.25, 0.3) is 0 Å². The van der Waals surface area contributed by atoms with Gasteiger partial charge in [-0.15, -0.1) is 0 Å².